The van der Waals surface area contributed by atoms with Crippen molar-refractivity contribution < 1.29 is 27.5 Å². The van der Waals surface area contributed by atoms with E-state index in [0.29, 0.717) is 6.42 Å². The van der Waals surface area contributed by atoms with E-state index < -0.39 is 36.8 Å². The first kappa shape index (κ1) is 39.9. The maximum atomic E-state index is 15.2. The minimum atomic E-state index is -2.41. The van der Waals surface area contributed by atoms with Crippen molar-refractivity contribution in [1.82, 2.24) is 0 Å². The van der Waals surface area contributed by atoms with Gasteiger partial charge in [0.05, 0.1) is 12.2 Å². The second-order valence-corrected chi connectivity index (χ2v) is 32.5. The van der Waals surface area contributed by atoms with Crippen molar-refractivity contribution in [2.75, 3.05) is 0 Å². The Labute approximate surface area is 296 Å². The number of ketones is 1. The largest absolute Gasteiger partial charge is 0.411 e. The Bertz CT molecular complexity index is 1330. The predicted molar refractivity (Wildman–Crippen MR) is 205 cm³/mol. The second kappa shape index (κ2) is 13.9. The van der Waals surface area contributed by atoms with Gasteiger partial charge in [0.15, 0.2) is 36.5 Å². The maximum absolute atomic E-state index is 15.2. The number of Topliss-reactive ketones (excluding diaryl/α,β-unsaturated/α-hetero) is 1. The fourth-order valence-corrected chi connectivity index (χ4v) is 12.8. The standard InChI is InChI=1S/C39H68O6Si3/c1-17-48(18-2,19-3)44-32-25-30(26(4)34-36(32)42-39(11,12)41-34)35(45-47(15,16)38(8,9)10)33(40)29-22-20-21-28-27(29)23-24-31(28)43-46(13,14)37(5,6)7/h20-22,30-32,34-36H,4,17-19,23-25H2,1-3,5-16H3/t30-,31?,32-,34+,35-,36-/m0/s1. The highest BCUT2D eigenvalue weighted by Gasteiger charge is 2.56. The molecule has 1 unspecified atom stereocenters. The average molecular weight is 717 g/mol. The topological polar surface area (TPSA) is 63.2 Å². The zero-order valence-electron chi connectivity index (χ0n) is 33.1. The van der Waals surface area contributed by atoms with Gasteiger partial charge in [-0.25, -0.2) is 0 Å². The zero-order chi connectivity index (χ0) is 36.3. The molecule has 9 heteroatoms. The molecular weight excluding hydrogens is 649 g/mol. The number of carbonyl (C=O) groups is 1. The molecule has 0 bridgehead atoms. The van der Waals surface area contributed by atoms with Crippen molar-refractivity contribution in [1.29, 1.82) is 0 Å². The van der Waals surface area contributed by atoms with E-state index in [0.717, 1.165) is 47.7 Å². The summed E-state index contributed by atoms with van der Waals surface area (Å²) in [6.07, 6.45) is 0.874. The van der Waals surface area contributed by atoms with Crippen LogP contribution in [0.2, 0.25) is 54.4 Å². The van der Waals surface area contributed by atoms with Crippen LogP contribution < -0.4 is 0 Å². The van der Waals surface area contributed by atoms with Crippen molar-refractivity contribution >= 4 is 30.7 Å². The molecule has 0 N–H and O–H groups in total. The smallest absolute Gasteiger partial charge is 0.193 e. The molecule has 48 heavy (non-hydrogen) atoms. The van der Waals surface area contributed by atoms with Crippen LogP contribution in [-0.2, 0) is 29.2 Å². The molecule has 1 aromatic carbocycles. The summed E-state index contributed by atoms with van der Waals surface area (Å²) in [6, 6.07) is 9.36. The van der Waals surface area contributed by atoms with Gasteiger partial charge in [0, 0.05) is 11.5 Å². The Hall–Kier alpha value is -0.919. The molecule has 6 nitrogen and oxygen atoms in total. The summed E-state index contributed by atoms with van der Waals surface area (Å²) in [5.41, 5.74) is 3.96. The average Bonchev–Trinajstić information content (AvgIpc) is 3.54. The molecule has 1 saturated carbocycles. The second-order valence-electron chi connectivity index (χ2n) is 18.3. The van der Waals surface area contributed by atoms with E-state index in [9.17, 15) is 0 Å². The lowest BCUT2D eigenvalue weighted by molar-refractivity contribution is -0.151. The van der Waals surface area contributed by atoms with Gasteiger partial charge < -0.3 is 22.8 Å². The van der Waals surface area contributed by atoms with Gasteiger partial charge in [-0.15, -0.1) is 0 Å². The summed E-state index contributed by atoms with van der Waals surface area (Å²) in [5.74, 6) is -0.969. The third-order valence-corrected chi connectivity index (χ3v) is 26.3. The third kappa shape index (κ3) is 7.78. The quantitative estimate of drug-likeness (QED) is 0.122. The molecule has 3 aliphatic rings. The van der Waals surface area contributed by atoms with Crippen LogP contribution in [0.5, 0.6) is 0 Å². The maximum Gasteiger partial charge on any atom is 0.193 e. The molecule has 1 aliphatic heterocycles. The lowest BCUT2D eigenvalue weighted by Gasteiger charge is -2.47. The van der Waals surface area contributed by atoms with Crippen LogP contribution in [0.3, 0.4) is 0 Å². The first-order chi connectivity index (χ1) is 21.9. The molecule has 272 valence electrons. The summed E-state index contributed by atoms with van der Waals surface area (Å²) in [6.45, 7) is 38.1. The van der Waals surface area contributed by atoms with Gasteiger partial charge >= 0.3 is 0 Å². The zero-order valence-corrected chi connectivity index (χ0v) is 36.1. The lowest BCUT2D eigenvalue weighted by Crippen LogP contribution is -2.56. The molecule has 0 radical (unpaired) electrons. The highest BCUT2D eigenvalue weighted by molar-refractivity contribution is 6.75. The summed E-state index contributed by atoms with van der Waals surface area (Å²) < 4.78 is 34.6. The van der Waals surface area contributed by atoms with E-state index in [2.05, 4.69) is 101 Å². The van der Waals surface area contributed by atoms with Gasteiger partial charge in [-0.05, 0) is 104 Å². The molecule has 0 amide bonds. The number of carbonyl (C=O) groups excluding carboxylic acids is 1. The predicted octanol–water partition coefficient (Wildman–Crippen LogP) is 10.8. The lowest BCUT2D eigenvalue weighted by atomic mass is 9.75. The fourth-order valence-electron chi connectivity index (χ4n) is 7.32. The SMILES string of the molecule is C=C1[C@H]2OC(C)(C)O[C@H]2[C@@H](O[Si](CC)(CC)CC)C[C@@H]1[C@H](O[Si](C)(C)C(C)(C)C)C(=O)c1cccc2c1CCC2O[Si](C)(C)C(C)(C)C. The monoisotopic (exact) mass is 716 g/mol. The summed E-state index contributed by atoms with van der Waals surface area (Å²) >= 11 is 0. The van der Waals surface area contributed by atoms with Gasteiger partial charge in [-0.3, -0.25) is 4.79 Å². The molecule has 1 aromatic rings. The van der Waals surface area contributed by atoms with Gasteiger partial charge in [-0.2, -0.15) is 0 Å². The normalized spacial score (nSPS) is 27.1. The molecule has 0 spiro atoms. The highest BCUT2D eigenvalue weighted by Crippen LogP contribution is 2.49. The third-order valence-electron chi connectivity index (χ3n) is 12.7. The number of hydrogen-bond donors (Lipinski definition) is 0. The Kier molecular flexibility index (Phi) is 11.5. The van der Waals surface area contributed by atoms with Crippen LogP contribution >= 0.6 is 0 Å². The minimum absolute atomic E-state index is 0.0121. The Morgan fingerprint density at radius 1 is 0.938 bits per heavy atom. The number of benzene rings is 1. The van der Waals surface area contributed by atoms with Crippen molar-refractivity contribution in [2.45, 2.75) is 186 Å². The Morgan fingerprint density at radius 2 is 1.52 bits per heavy atom. The van der Waals surface area contributed by atoms with E-state index in [4.69, 9.17) is 22.8 Å². The molecule has 1 heterocycles. The minimum Gasteiger partial charge on any atom is -0.411 e. The summed E-state index contributed by atoms with van der Waals surface area (Å²) in [7, 11) is -6.43. The first-order valence-corrected chi connectivity index (χ1v) is 27.0. The van der Waals surface area contributed by atoms with Gasteiger partial charge in [0.1, 0.15) is 18.3 Å². The molecule has 4 rings (SSSR count). The van der Waals surface area contributed by atoms with Gasteiger partial charge in [0.25, 0.3) is 0 Å². The van der Waals surface area contributed by atoms with Gasteiger partial charge in [0.2, 0.25) is 0 Å². The summed E-state index contributed by atoms with van der Waals surface area (Å²) in [5, 5.41) is 0.0296. The van der Waals surface area contributed by atoms with E-state index in [1.807, 2.05) is 26.0 Å². The van der Waals surface area contributed by atoms with Crippen molar-refractivity contribution in [2.24, 2.45) is 5.92 Å². The molecule has 2 aliphatic carbocycles. The van der Waals surface area contributed by atoms with Crippen LogP contribution in [-0.4, -0.2) is 60.9 Å². The van der Waals surface area contributed by atoms with E-state index in [-0.39, 0.29) is 46.2 Å². The highest BCUT2D eigenvalue weighted by atomic mass is 28.4. The number of ether oxygens (including phenoxy) is 2. The van der Waals surface area contributed by atoms with Crippen molar-refractivity contribution in [3.8, 4) is 0 Å². The van der Waals surface area contributed by atoms with E-state index in [1.165, 1.54) is 5.56 Å². The van der Waals surface area contributed by atoms with Crippen LogP contribution in [0, 0.1) is 5.92 Å². The van der Waals surface area contributed by atoms with Crippen LogP contribution in [0.1, 0.15) is 117 Å². The Morgan fingerprint density at radius 3 is 2.06 bits per heavy atom. The number of rotatable bonds is 12. The number of fused-ring (bicyclic) bond motifs is 2. The molecular formula is C39H68O6Si3. The van der Waals surface area contributed by atoms with Crippen LogP contribution in [0.15, 0.2) is 30.4 Å². The summed E-state index contributed by atoms with van der Waals surface area (Å²) in [4.78, 5) is 15.2. The first-order valence-electron chi connectivity index (χ1n) is 18.7. The molecule has 0 aromatic heterocycles. The van der Waals surface area contributed by atoms with Gasteiger partial charge in [-0.1, -0.05) is 87.1 Å². The van der Waals surface area contributed by atoms with Crippen molar-refractivity contribution in [3.63, 3.8) is 0 Å². The molecule has 2 fully saturated rings. The Balaban J connectivity index is 1.79. The van der Waals surface area contributed by atoms with E-state index >= 15 is 4.79 Å². The fraction of sp³-hybridized carbons (Fsp3) is 0.769. The number of hydrogen-bond acceptors (Lipinski definition) is 6. The van der Waals surface area contributed by atoms with Crippen LogP contribution in [0.25, 0.3) is 0 Å². The molecule has 6 atom stereocenters. The van der Waals surface area contributed by atoms with Crippen molar-refractivity contribution in [3.05, 3.63) is 47.0 Å². The van der Waals surface area contributed by atoms with Crippen LogP contribution in [0.4, 0.5) is 0 Å². The molecule has 1 saturated heterocycles. The van der Waals surface area contributed by atoms with E-state index in [1.54, 1.807) is 0 Å².